The molecule has 1 aliphatic rings. The third-order valence-corrected chi connectivity index (χ3v) is 6.72. The Hall–Kier alpha value is -1.78. The summed E-state index contributed by atoms with van der Waals surface area (Å²) in [6.07, 6.45) is 2.19. The van der Waals surface area contributed by atoms with E-state index < -0.39 is 0 Å². The fourth-order valence-corrected chi connectivity index (χ4v) is 4.82. The van der Waals surface area contributed by atoms with Gasteiger partial charge in [-0.05, 0) is 53.6 Å². The van der Waals surface area contributed by atoms with Crippen molar-refractivity contribution < 1.29 is 0 Å². The van der Waals surface area contributed by atoms with Crippen LogP contribution in [-0.2, 0) is 20.1 Å². The van der Waals surface area contributed by atoms with E-state index in [0.29, 0.717) is 5.92 Å². The molecule has 8 nitrogen and oxygen atoms in total. The second-order valence-corrected chi connectivity index (χ2v) is 8.98. The first-order chi connectivity index (χ1) is 13.2. The Balaban J connectivity index is 1.34. The van der Waals surface area contributed by atoms with E-state index in [1.54, 1.807) is 23.1 Å². The molecule has 0 amide bonds. The van der Waals surface area contributed by atoms with E-state index in [0.717, 1.165) is 61.6 Å². The molecule has 0 aliphatic carbocycles. The van der Waals surface area contributed by atoms with Gasteiger partial charge in [-0.3, -0.25) is 4.90 Å². The van der Waals surface area contributed by atoms with E-state index in [2.05, 4.69) is 66.7 Å². The fourth-order valence-electron chi connectivity index (χ4n) is 3.50. The largest absolute Gasteiger partial charge is 0.309 e. The van der Waals surface area contributed by atoms with Crippen molar-refractivity contribution in [1.82, 2.24) is 39.9 Å². The lowest BCUT2D eigenvalue weighted by Gasteiger charge is -2.30. The van der Waals surface area contributed by atoms with E-state index in [9.17, 15) is 0 Å². The molecule has 4 rings (SSSR count). The molecule has 0 aromatic carbocycles. The Labute approximate surface area is 167 Å². The number of hydrogen-bond donors (Lipinski definition) is 0. The molecular formula is C17H24N8S2. The summed E-state index contributed by atoms with van der Waals surface area (Å²) in [5.74, 6) is 3.55. The van der Waals surface area contributed by atoms with Crippen molar-refractivity contribution in [3.63, 3.8) is 0 Å². The van der Waals surface area contributed by atoms with E-state index in [1.807, 2.05) is 4.68 Å². The molecule has 27 heavy (non-hydrogen) atoms. The summed E-state index contributed by atoms with van der Waals surface area (Å²) in [6.45, 7) is 5.73. The van der Waals surface area contributed by atoms with Crippen molar-refractivity contribution in [2.75, 3.05) is 18.8 Å². The fraction of sp³-hybridized carbons (Fsp3) is 0.588. The number of tetrazole rings is 1. The molecule has 0 saturated carbocycles. The SMILES string of the molecule is CCSc1nnc(C2CCN(Cc3nnnn3Cc3cccs3)CC2)n1C. The number of thiophene rings is 1. The molecule has 0 N–H and O–H groups in total. The lowest BCUT2D eigenvalue weighted by molar-refractivity contribution is 0.193. The minimum Gasteiger partial charge on any atom is -0.309 e. The van der Waals surface area contributed by atoms with Crippen molar-refractivity contribution in [3.05, 3.63) is 34.0 Å². The third-order valence-electron chi connectivity index (χ3n) is 4.95. The van der Waals surface area contributed by atoms with Crippen molar-refractivity contribution in [2.24, 2.45) is 7.05 Å². The molecular weight excluding hydrogens is 380 g/mol. The zero-order valence-corrected chi connectivity index (χ0v) is 17.3. The van der Waals surface area contributed by atoms with Crippen LogP contribution in [0.4, 0.5) is 0 Å². The standard InChI is InChI=1S/C17H24N8S2/c1-3-26-17-20-19-16(23(17)2)13-6-8-24(9-7-13)12-15-18-21-22-25(15)11-14-5-4-10-27-14/h4-5,10,13H,3,6-9,11-12H2,1-2H3. The first kappa shape index (κ1) is 18.6. The number of thioether (sulfide) groups is 1. The molecule has 10 heteroatoms. The van der Waals surface area contributed by atoms with Crippen LogP contribution in [0.3, 0.4) is 0 Å². The van der Waals surface area contributed by atoms with Gasteiger partial charge in [-0.15, -0.1) is 26.6 Å². The highest BCUT2D eigenvalue weighted by molar-refractivity contribution is 7.99. The van der Waals surface area contributed by atoms with Gasteiger partial charge in [-0.2, -0.15) is 0 Å². The number of aromatic nitrogens is 7. The number of likely N-dealkylation sites (tertiary alicyclic amines) is 1. The number of nitrogens with zero attached hydrogens (tertiary/aromatic N) is 8. The quantitative estimate of drug-likeness (QED) is 0.560. The number of rotatable bonds is 7. The average Bonchev–Trinajstić information content (AvgIpc) is 3.41. The molecule has 1 fully saturated rings. The second kappa shape index (κ2) is 8.49. The van der Waals surface area contributed by atoms with Gasteiger partial charge in [0.25, 0.3) is 0 Å². The Bertz CT molecular complexity index is 848. The van der Waals surface area contributed by atoms with Crippen molar-refractivity contribution >= 4 is 23.1 Å². The van der Waals surface area contributed by atoms with Crippen LogP contribution in [0.2, 0.25) is 0 Å². The first-order valence-corrected chi connectivity index (χ1v) is 11.1. The molecule has 3 aromatic heterocycles. The first-order valence-electron chi connectivity index (χ1n) is 9.26. The van der Waals surface area contributed by atoms with Crippen molar-refractivity contribution in [2.45, 2.75) is 43.9 Å². The van der Waals surface area contributed by atoms with Gasteiger partial charge in [0.1, 0.15) is 5.82 Å². The summed E-state index contributed by atoms with van der Waals surface area (Å²) in [5.41, 5.74) is 0. The summed E-state index contributed by atoms with van der Waals surface area (Å²) < 4.78 is 4.07. The van der Waals surface area contributed by atoms with Crippen LogP contribution in [0.1, 0.15) is 42.2 Å². The van der Waals surface area contributed by atoms with Gasteiger partial charge in [0.2, 0.25) is 0 Å². The van der Waals surface area contributed by atoms with Crippen LogP contribution in [0.25, 0.3) is 0 Å². The maximum Gasteiger partial charge on any atom is 0.190 e. The van der Waals surface area contributed by atoms with Gasteiger partial charge in [0.15, 0.2) is 11.0 Å². The maximum atomic E-state index is 4.45. The summed E-state index contributed by atoms with van der Waals surface area (Å²) in [5, 5.41) is 24.2. The maximum absolute atomic E-state index is 4.45. The Kier molecular flexibility index (Phi) is 5.84. The predicted octanol–water partition coefficient (Wildman–Crippen LogP) is 2.40. The van der Waals surface area contributed by atoms with E-state index in [-0.39, 0.29) is 0 Å². The molecule has 0 unspecified atom stereocenters. The molecule has 0 atom stereocenters. The number of piperidine rings is 1. The highest BCUT2D eigenvalue weighted by atomic mass is 32.2. The summed E-state index contributed by atoms with van der Waals surface area (Å²) in [7, 11) is 2.08. The Morgan fingerprint density at radius 2 is 2.04 bits per heavy atom. The summed E-state index contributed by atoms with van der Waals surface area (Å²) in [6, 6.07) is 4.18. The average molecular weight is 405 g/mol. The Morgan fingerprint density at radius 1 is 1.19 bits per heavy atom. The number of hydrogen-bond acceptors (Lipinski definition) is 8. The zero-order chi connectivity index (χ0) is 18.6. The van der Waals surface area contributed by atoms with Crippen molar-refractivity contribution in [3.8, 4) is 0 Å². The van der Waals surface area contributed by atoms with Crippen molar-refractivity contribution in [1.29, 1.82) is 0 Å². The van der Waals surface area contributed by atoms with Gasteiger partial charge in [0, 0.05) is 17.8 Å². The minimum absolute atomic E-state index is 0.479. The molecule has 0 radical (unpaired) electrons. The lowest BCUT2D eigenvalue weighted by atomic mass is 9.96. The van der Waals surface area contributed by atoms with E-state index >= 15 is 0 Å². The topological polar surface area (TPSA) is 77.6 Å². The van der Waals surface area contributed by atoms with E-state index in [4.69, 9.17) is 0 Å². The molecule has 1 aliphatic heterocycles. The summed E-state index contributed by atoms with van der Waals surface area (Å²) in [4.78, 5) is 3.70. The zero-order valence-electron chi connectivity index (χ0n) is 15.7. The molecule has 1 saturated heterocycles. The molecule has 4 heterocycles. The lowest BCUT2D eigenvalue weighted by Crippen LogP contribution is -2.34. The van der Waals surface area contributed by atoms with Crippen LogP contribution in [0.15, 0.2) is 22.7 Å². The van der Waals surface area contributed by atoms with Gasteiger partial charge in [0.05, 0.1) is 13.1 Å². The van der Waals surface area contributed by atoms with Crippen LogP contribution < -0.4 is 0 Å². The van der Waals surface area contributed by atoms with Gasteiger partial charge >= 0.3 is 0 Å². The predicted molar refractivity (Wildman–Crippen MR) is 106 cm³/mol. The van der Waals surface area contributed by atoms with Gasteiger partial charge in [-0.25, -0.2) is 4.68 Å². The van der Waals surface area contributed by atoms with E-state index in [1.165, 1.54) is 4.88 Å². The van der Waals surface area contributed by atoms with Crippen LogP contribution in [-0.4, -0.2) is 58.7 Å². The van der Waals surface area contributed by atoms with Gasteiger partial charge in [-0.1, -0.05) is 24.8 Å². The summed E-state index contributed by atoms with van der Waals surface area (Å²) >= 11 is 3.48. The minimum atomic E-state index is 0.479. The van der Waals surface area contributed by atoms with Crippen LogP contribution >= 0.6 is 23.1 Å². The third kappa shape index (κ3) is 4.22. The van der Waals surface area contributed by atoms with Crippen LogP contribution in [0, 0.1) is 0 Å². The Morgan fingerprint density at radius 3 is 2.78 bits per heavy atom. The molecule has 0 bridgehead atoms. The normalized spacial score (nSPS) is 16.2. The molecule has 3 aromatic rings. The second-order valence-electron chi connectivity index (χ2n) is 6.72. The highest BCUT2D eigenvalue weighted by Crippen LogP contribution is 2.29. The van der Waals surface area contributed by atoms with Gasteiger partial charge < -0.3 is 4.57 Å². The highest BCUT2D eigenvalue weighted by Gasteiger charge is 2.26. The smallest absolute Gasteiger partial charge is 0.190 e. The monoisotopic (exact) mass is 404 g/mol. The molecule has 144 valence electrons. The van der Waals surface area contributed by atoms with Crippen LogP contribution in [0.5, 0.6) is 0 Å². The molecule has 0 spiro atoms.